The van der Waals surface area contributed by atoms with Crippen molar-refractivity contribution in [1.29, 1.82) is 0 Å². The maximum absolute atomic E-state index is 11.8. The van der Waals surface area contributed by atoms with Gasteiger partial charge in [-0.15, -0.1) is 0 Å². The second-order valence-electron chi connectivity index (χ2n) is 11.3. The van der Waals surface area contributed by atoms with Crippen LogP contribution < -0.4 is 10.7 Å². The molecule has 5 heterocycles. The summed E-state index contributed by atoms with van der Waals surface area (Å²) in [4.78, 5) is 31.5. The van der Waals surface area contributed by atoms with Crippen molar-refractivity contribution in [3.8, 4) is 22.8 Å². The number of rotatable bonds is 5. The Morgan fingerprint density at radius 3 is 2.77 bits per heavy atom. The van der Waals surface area contributed by atoms with Crippen LogP contribution in [0.1, 0.15) is 51.9 Å². The number of fused-ring (bicyclic) bond motifs is 2. The minimum atomic E-state index is -0.629. The van der Waals surface area contributed by atoms with Crippen molar-refractivity contribution in [2.45, 2.75) is 70.6 Å². The number of morpholine rings is 1. The minimum absolute atomic E-state index is 0.244. The van der Waals surface area contributed by atoms with Gasteiger partial charge >= 0.3 is 5.76 Å². The van der Waals surface area contributed by atoms with Crippen molar-refractivity contribution in [3.05, 3.63) is 40.1 Å². The molecule has 1 N–H and O–H groups in total. The van der Waals surface area contributed by atoms with Gasteiger partial charge < -0.3 is 14.2 Å². The Balaban J connectivity index is 1.44. The lowest BCUT2D eigenvalue weighted by Crippen LogP contribution is -2.49. The van der Waals surface area contributed by atoms with Crippen LogP contribution >= 0.6 is 11.6 Å². The van der Waals surface area contributed by atoms with Crippen molar-refractivity contribution < 1.29 is 9.26 Å². The van der Waals surface area contributed by atoms with E-state index in [-0.39, 0.29) is 11.9 Å². The molecule has 11 heteroatoms. The van der Waals surface area contributed by atoms with Gasteiger partial charge in [0.1, 0.15) is 5.69 Å². The Hall–Kier alpha value is -3.24. The third-order valence-corrected chi connectivity index (χ3v) is 8.89. The van der Waals surface area contributed by atoms with Gasteiger partial charge in [-0.05, 0) is 56.1 Å². The van der Waals surface area contributed by atoms with Gasteiger partial charge in [-0.1, -0.05) is 36.5 Å². The maximum Gasteiger partial charge on any atom is 0.439 e. The van der Waals surface area contributed by atoms with Crippen molar-refractivity contribution in [3.63, 3.8) is 0 Å². The summed E-state index contributed by atoms with van der Waals surface area (Å²) in [7, 11) is 0. The lowest BCUT2D eigenvalue weighted by molar-refractivity contribution is 0.0247. The zero-order valence-electron chi connectivity index (χ0n) is 22.0. The number of nitrogens with one attached hydrogen (secondary N) is 1. The van der Waals surface area contributed by atoms with E-state index in [1.807, 2.05) is 12.1 Å². The van der Waals surface area contributed by atoms with Crippen molar-refractivity contribution >= 4 is 28.6 Å². The number of pyridine rings is 2. The van der Waals surface area contributed by atoms with Gasteiger partial charge in [-0.2, -0.15) is 0 Å². The molecule has 0 amide bonds. The highest BCUT2D eigenvalue weighted by Crippen LogP contribution is 2.39. The van der Waals surface area contributed by atoms with Gasteiger partial charge in [0.25, 0.3) is 0 Å². The number of hydrogen-bond donors (Lipinski definition) is 1. The molecule has 4 aromatic rings. The highest BCUT2D eigenvalue weighted by atomic mass is 35.5. The molecule has 2 saturated carbocycles. The fourth-order valence-electron chi connectivity index (χ4n) is 6.68. The van der Waals surface area contributed by atoms with Crippen LogP contribution in [0.3, 0.4) is 0 Å². The van der Waals surface area contributed by atoms with Crippen LogP contribution in [0.4, 0.5) is 5.95 Å². The summed E-state index contributed by atoms with van der Waals surface area (Å²) < 4.78 is 13.3. The molecule has 0 bridgehead atoms. The Morgan fingerprint density at radius 2 is 1.97 bits per heavy atom. The number of aromatic nitrogens is 6. The standard InChI is InChI=1S/C28H32ClN7O3/c1-16-5-7-17(8-6-16)15-36-25-20(32-27(36)35-9-10-38-23-4-2-3-22(23)35)12-21(26-33-28(37)39-34-26)31-24(25)18-11-19(29)14-30-13-18/h11-14,16-17,22-23H,2-10,15H2,1H3,(H,33,34,37)/t16?,17?,22-,23-/m1/s1. The number of halogens is 1. The van der Waals surface area contributed by atoms with E-state index in [1.165, 1.54) is 25.7 Å². The van der Waals surface area contributed by atoms with Crippen LogP contribution in [0.25, 0.3) is 33.8 Å². The van der Waals surface area contributed by atoms with Crippen molar-refractivity contribution in [2.75, 3.05) is 18.1 Å². The molecule has 39 heavy (non-hydrogen) atoms. The minimum Gasteiger partial charge on any atom is -0.374 e. The summed E-state index contributed by atoms with van der Waals surface area (Å²) in [5.41, 5.74) is 3.71. The first-order valence-corrected chi connectivity index (χ1v) is 14.4. The molecule has 0 spiro atoms. The van der Waals surface area contributed by atoms with Crippen LogP contribution in [-0.2, 0) is 11.3 Å². The van der Waals surface area contributed by atoms with E-state index in [4.69, 9.17) is 30.8 Å². The molecule has 2 atom stereocenters. The van der Waals surface area contributed by atoms with Gasteiger partial charge in [0.15, 0.2) is 0 Å². The van der Waals surface area contributed by atoms with Gasteiger partial charge in [-0.3, -0.25) is 14.5 Å². The zero-order chi connectivity index (χ0) is 26.5. The fraction of sp³-hybridized carbons (Fsp3) is 0.536. The average Bonchev–Trinajstić information content (AvgIpc) is 3.68. The number of ether oxygens (including phenoxy) is 1. The van der Waals surface area contributed by atoms with Crippen LogP contribution in [0, 0.1) is 11.8 Å². The van der Waals surface area contributed by atoms with E-state index in [9.17, 15) is 4.79 Å². The average molecular weight is 550 g/mol. The number of H-pyrrole nitrogens is 1. The maximum atomic E-state index is 11.8. The normalized spacial score (nSPS) is 25.3. The second-order valence-corrected chi connectivity index (χ2v) is 11.7. The zero-order valence-corrected chi connectivity index (χ0v) is 22.7. The van der Waals surface area contributed by atoms with E-state index in [1.54, 1.807) is 12.4 Å². The van der Waals surface area contributed by atoms with E-state index in [0.717, 1.165) is 60.8 Å². The van der Waals surface area contributed by atoms with Gasteiger partial charge in [0.05, 0.1) is 40.5 Å². The van der Waals surface area contributed by atoms with Crippen LogP contribution in [0.15, 0.2) is 33.8 Å². The monoisotopic (exact) mass is 549 g/mol. The van der Waals surface area contributed by atoms with E-state index >= 15 is 0 Å². The largest absolute Gasteiger partial charge is 0.439 e. The van der Waals surface area contributed by atoms with E-state index in [0.29, 0.717) is 35.0 Å². The molecule has 10 nitrogen and oxygen atoms in total. The highest BCUT2D eigenvalue weighted by molar-refractivity contribution is 6.30. The van der Waals surface area contributed by atoms with Gasteiger partial charge in [-0.25, -0.2) is 14.8 Å². The topological polar surface area (TPSA) is 115 Å². The summed E-state index contributed by atoms with van der Waals surface area (Å²) in [6.07, 6.45) is 11.9. The first-order chi connectivity index (χ1) is 19.0. The van der Waals surface area contributed by atoms with Crippen molar-refractivity contribution in [1.82, 2.24) is 29.7 Å². The molecule has 2 aliphatic carbocycles. The third kappa shape index (κ3) is 4.63. The number of nitrogens with zero attached hydrogens (tertiary/aromatic N) is 6. The first-order valence-electron chi connectivity index (χ1n) is 14.0. The summed E-state index contributed by atoms with van der Waals surface area (Å²) in [5, 5.41) is 4.42. The first kappa shape index (κ1) is 24.8. The SMILES string of the molecule is CC1CCC(Cn2c(N3CCO[C@@H]4CCC[C@H]43)nc3cc(-c4noc(=O)[nH]4)nc(-c4cncc(Cl)c4)c32)CC1. The summed E-state index contributed by atoms with van der Waals surface area (Å²) in [6.45, 7) is 4.72. The predicted octanol–water partition coefficient (Wildman–Crippen LogP) is 5.07. The Morgan fingerprint density at radius 1 is 1.10 bits per heavy atom. The summed E-state index contributed by atoms with van der Waals surface area (Å²) in [6, 6.07) is 4.07. The van der Waals surface area contributed by atoms with E-state index < -0.39 is 5.76 Å². The van der Waals surface area contributed by atoms with Gasteiger partial charge in [0, 0.05) is 31.0 Å². The molecule has 0 radical (unpaired) electrons. The number of hydrogen-bond acceptors (Lipinski definition) is 8. The van der Waals surface area contributed by atoms with Crippen LogP contribution in [0.5, 0.6) is 0 Å². The van der Waals surface area contributed by atoms with Crippen molar-refractivity contribution in [2.24, 2.45) is 11.8 Å². The number of aromatic amines is 1. The lowest BCUT2D eigenvalue weighted by atomic mass is 9.83. The Kier molecular flexibility index (Phi) is 6.39. The van der Waals surface area contributed by atoms with E-state index in [2.05, 4.69) is 31.5 Å². The molecule has 0 aromatic carbocycles. The molecule has 1 saturated heterocycles. The summed E-state index contributed by atoms with van der Waals surface area (Å²) >= 11 is 6.39. The van der Waals surface area contributed by atoms with Gasteiger partial charge in [0.2, 0.25) is 11.8 Å². The number of imidazole rings is 1. The quantitative estimate of drug-likeness (QED) is 0.367. The molecule has 3 fully saturated rings. The number of anilines is 1. The summed E-state index contributed by atoms with van der Waals surface area (Å²) in [5.74, 6) is 1.94. The highest BCUT2D eigenvalue weighted by Gasteiger charge is 2.39. The molecular weight excluding hydrogens is 518 g/mol. The molecule has 3 aliphatic rings. The molecular formula is C28H32ClN7O3. The smallest absolute Gasteiger partial charge is 0.374 e. The molecule has 4 aromatic heterocycles. The van der Waals surface area contributed by atoms with Crippen LogP contribution in [0.2, 0.25) is 5.02 Å². The van der Waals surface area contributed by atoms with Crippen LogP contribution in [-0.4, -0.2) is 55.0 Å². The molecule has 1 aliphatic heterocycles. The fourth-order valence-corrected chi connectivity index (χ4v) is 6.86. The molecule has 7 rings (SSSR count). The Bertz CT molecular complexity index is 1550. The lowest BCUT2D eigenvalue weighted by Gasteiger charge is -2.39. The molecule has 204 valence electrons. The molecule has 0 unspecified atom stereocenters. The second kappa shape index (κ2) is 10.1. The third-order valence-electron chi connectivity index (χ3n) is 8.68. The Labute approximate surface area is 230 Å². The predicted molar refractivity (Wildman–Crippen MR) is 148 cm³/mol.